The summed E-state index contributed by atoms with van der Waals surface area (Å²) in [6, 6.07) is 15.1. The Kier molecular flexibility index (Phi) is 5.55. The Morgan fingerprint density at radius 2 is 1.41 bits per heavy atom. The minimum atomic E-state index is -0.321. The van der Waals surface area contributed by atoms with Crippen LogP contribution in [-0.4, -0.2) is 39.9 Å². The summed E-state index contributed by atoms with van der Waals surface area (Å²) in [5.74, 6) is 0.546. The standard InChI is InChI=1S/C25H26N2O5/c28-23-11-6-12-24(29)27(23)26-16-17-15-19(13-14-20(17)25(26)30)32-22-10-5-4-9-21(22)31-18-7-2-1-3-8-18/h1-3,7-8,13-15,21-22H,4-6,9-12,16H2/t21-,22-/m0/s1. The molecule has 1 saturated heterocycles. The summed E-state index contributed by atoms with van der Waals surface area (Å²) in [6.45, 7) is 0.192. The Hall–Kier alpha value is -3.35. The Balaban J connectivity index is 1.31. The molecule has 166 valence electrons. The highest BCUT2D eigenvalue weighted by atomic mass is 16.5. The van der Waals surface area contributed by atoms with Gasteiger partial charge in [-0.05, 0) is 68.0 Å². The van der Waals surface area contributed by atoms with Crippen molar-refractivity contribution in [1.82, 2.24) is 10.0 Å². The molecule has 1 aliphatic carbocycles. The maximum absolute atomic E-state index is 12.9. The van der Waals surface area contributed by atoms with Gasteiger partial charge >= 0.3 is 0 Å². The topological polar surface area (TPSA) is 76.2 Å². The van der Waals surface area contributed by atoms with Gasteiger partial charge in [0.25, 0.3) is 5.91 Å². The number of nitrogens with zero attached hydrogens (tertiary/aromatic N) is 2. The van der Waals surface area contributed by atoms with Crippen LogP contribution in [0.2, 0.25) is 0 Å². The number of piperidine rings is 1. The van der Waals surface area contributed by atoms with Gasteiger partial charge in [0.1, 0.15) is 23.7 Å². The molecule has 2 atom stereocenters. The van der Waals surface area contributed by atoms with Gasteiger partial charge in [0.2, 0.25) is 11.8 Å². The Labute approximate surface area is 186 Å². The third-order valence-electron chi connectivity index (χ3n) is 6.32. The molecule has 0 unspecified atom stereocenters. The van der Waals surface area contributed by atoms with Gasteiger partial charge in [0.15, 0.2) is 0 Å². The number of fused-ring (bicyclic) bond motifs is 1. The van der Waals surface area contributed by atoms with E-state index in [9.17, 15) is 14.4 Å². The quantitative estimate of drug-likeness (QED) is 0.668. The van der Waals surface area contributed by atoms with Gasteiger partial charge in [-0.2, -0.15) is 5.01 Å². The van der Waals surface area contributed by atoms with Crippen molar-refractivity contribution < 1.29 is 23.9 Å². The summed E-state index contributed by atoms with van der Waals surface area (Å²) >= 11 is 0. The Morgan fingerprint density at radius 1 is 0.750 bits per heavy atom. The number of hydrazine groups is 1. The highest BCUT2D eigenvalue weighted by Gasteiger charge is 2.39. The highest BCUT2D eigenvalue weighted by Crippen LogP contribution is 2.32. The van der Waals surface area contributed by atoms with Gasteiger partial charge in [-0.3, -0.25) is 14.4 Å². The number of imide groups is 1. The molecule has 0 N–H and O–H groups in total. The van der Waals surface area contributed by atoms with Crippen LogP contribution in [0.4, 0.5) is 0 Å². The second-order valence-corrected chi connectivity index (χ2v) is 8.54. The smallest absolute Gasteiger partial charge is 0.273 e. The number of carbonyl (C=O) groups excluding carboxylic acids is 3. The lowest BCUT2D eigenvalue weighted by Gasteiger charge is -2.32. The molecule has 7 heteroatoms. The lowest BCUT2D eigenvalue weighted by Crippen LogP contribution is -2.51. The lowest BCUT2D eigenvalue weighted by atomic mass is 9.94. The average molecular weight is 434 g/mol. The van der Waals surface area contributed by atoms with Crippen LogP contribution in [0.25, 0.3) is 0 Å². The van der Waals surface area contributed by atoms with Crippen molar-refractivity contribution in [2.75, 3.05) is 0 Å². The SMILES string of the molecule is O=C1c2ccc(O[C@H]3CCCC[C@@H]3Oc3ccccc3)cc2CN1N1C(=O)CCCC1=O. The van der Waals surface area contributed by atoms with Crippen LogP contribution in [0.5, 0.6) is 11.5 Å². The van der Waals surface area contributed by atoms with Crippen LogP contribution in [0.15, 0.2) is 48.5 Å². The Morgan fingerprint density at radius 3 is 2.09 bits per heavy atom. The molecule has 5 rings (SSSR count). The minimum Gasteiger partial charge on any atom is -0.487 e. The van der Waals surface area contributed by atoms with Gasteiger partial charge < -0.3 is 9.47 Å². The second-order valence-electron chi connectivity index (χ2n) is 8.54. The average Bonchev–Trinajstić information content (AvgIpc) is 3.11. The number of ether oxygens (including phenoxy) is 2. The maximum atomic E-state index is 12.9. The molecule has 0 spiro atoms. The largest absolute Gasteiger partial charge is 0.487 e. The van der Waals surface area contributed by atoms with Gasteiger partial charge in [-0.1, -0.05) is 18.2 Å². The molecule has 2 heterocycles. The van der Waals surface area contributed by atoms with Crippen LogP contribution in [0.1, 0.15) is 60.9 Å². The van der Waals surface area contributed by atoms with E-state index in [1.807, 2.05) is 36.4 Å². The zero-order valence-corrected chi connectivity index (χ0v) is 17.9. The first-order valence-corrected chi connectivity index (χ1v) is 11.3. The summed E-state index contributed by atoms with van der Waals surface area (Å²) in [4.78, 5) is 37.4. The summed E-state index contributed by atoms with van der Waals surface area (Å²) in [5, 5.41) is 2.29. The first-order chi connectivity index (χ1) is 15.6. The van der Waals surface area contributed by atoms with Crippen molar-refractivity contribution in [2.24, 2.45) is 0 Å². The normalized spacial score (nSPS) is 23.3. The molecule has 0 bridgehead atoms. The third-order valence-corrected chi connectivity index (χ3v) is 6.32. The number of benzene rings is 2. The van der Waals surface area contributed by atoms with E-state index in [1.54, 1.807) is 12.1 Å². The Bertz CT molecular complexity index is 1020. The van der Waals surface area contributed by atoms with E-state index in [2.05, 4.69) is 0 Å². The van der Waals surface area contributed by atoms with Crippen molar-refractivity contribution in [3.63, 3.8) is 0 Å². The highest BCUT2D eigenvalue weighted by molar-refractivity contribution is 6.04. The number of amides is 3. The van der Waals surface area contributed by atoms with Crippen LogP contribution < -0.4 is 9.47 Å². The number of hydrogen-bond acceptors (Lipinski definition) is 5. The molecule has 0 radical (unpaired) electrons. The summed E-state index contributed by atoms with van der Waals surface area (Å²) < 4.78 is 12.5. The number of hydrogen-bond donors (Lipinski definition) is 0. The van der Waals surface area contributed by atoms with E-state index >= 15 is 0 Å². The number of carbonyl (C=O) groups is 3. The third kappa shape index (κ3) is 3.95. The fraction of sp³-hybridized carbons (Fsp3) is 0.400. The molecule has 2 aromatic rings. The number of rotatable bonds is 5. The van der Waals surface area contributed by atoms with Crippen molar-refractivity contribution in [2.45, 2.75) is 63.7 Å². The zero-order chi connectivity index (χ0) is 22.1. The van der Waals surface area contributed by atoms with Crippen molar-refractivity contribution in [1.29, 1.82) is 0 Å². The second kappa shape index (κ2) is 8.65. The van der Waals surface area contributed by atoms with Crippen molar-refractivity contribution >= 4 is 17.7 Å². The van der Waals surface area contributed by atoms with E-state index in [1.165, 1.54) is 5.01 Å². The predicted molar refractivity (Wildman–Crippen MR) is 116 cm³/mol. The summed E-state index contributed by atoms with van der Waals surface area (Å²) in [6.07, 6.45) is 4.98. The van der Waals surface area contributed by atoms with E-state index in [-0.39, 0.29) is 49.3 Å². The molecule has 7 nitrogen and oxygen atoms in total. The molecular formula is C25H26N2O5. The van der Waals surface area contributed by atoms with Crippen LogP contribution in [0.3, 0.4) is 0 Å². The molecule has 3 aliphatic rings. The lowest BCUT2D eigenvalue weighted by molar-refractivity contribution is -0.163. The zero-order valence-electron chi connectivity index (χ0n) is 17.9. The fourth-order valence-corrected chi connectivity index (χ4v) is 4.71. The molecule has 32 heavy (non-hydrogen) atoms. The van der Waals surface area contributed by atoms with Gasteiger partial charge in [0, 0.05) is 18.4 Å². The molecule has 2 aromatic carbocycles. The molecule has 1 saturated carbocycles. The monoisotopic (exact) mass is 434 g/mol. The first-order valence-electron chi connectivity index (χ1n) is 11.3. The molecule has 0 aromatic heterocycles. The fourth-order valence-electron chi connectivity index (χ4n) is 4.71. The van der Waals surface area contributed by atoms with Gasteiger partial charge in [-0.25, -0.2) is 5.01 Å². The van der Waals surface area contributed by atoms with E-state index in [0.29, 0.717) is 17.7 Å². The molecule has 2 fully saturated rings. The molecule has 3 amide bonds. The predicted octanol–water partition coefficient (Wildman–Crippen LogP) is 3.87. The first kappa shape index (κ1) is 20.5. The van der Waals surface area contributed by atoms with E-state index < -0.39 is 0 Å². The molecule has 2 aliphatic heterocycles. The van der Waals surface area contributed by atoms with Crippen LogP contribution >= 0.6 is 0 Å². The number of para-hydroxylation sites is 1. The van der Waals surface area contributed by atoms with Crippen LogP contribution in [-0.2, 0) is 16.1 Å². The van der Waals surface area contributed by atoms with E-state index in [4.69, 9.17) is 9.47 Å². The van der Waals surface area contributed by atoms with Crippen LogP contribution in [0, 0.1) is 0 Å². The summed E-state index contributed by atoms with van der Waals surface area (Å²) in [5.41, 5.74) is 1.26. The van der Waals surface area contributed by atoms with Crippen molar-refractivity contribution in [3.8, 4) is 11.5 Å². The summed E-state index contributed by atoms with van der Waals surface area (Å²) in [7, 11) is 0. The van der Waals surface area contributed by atoms with Gasteiger partial charge in [-0.15, -0.1) is 0 Å². The molecular weight excluding hydrogens is 408 g/mol. The maximum Gasteiger partial charge on any atom is 0.273 e. The van der Waals surface area contributed by atoms with E-state index in [0.717, 1.165) is 42.0 Å². The minimum absolute atomic E-state index is 0.0406. The van der Waals surface area contributed by atoms with Gasteiger partial charge in [0.05, 0.1) is 6.54 Å². The van der Waals surface area contributed by atoms with Crippen molar-refractivity contribution in [3.05, 3.63) is 59.7 Å².